The lowest BCUT2D eigenvalue weighted by Crippen LogP contribution is -1.78. The molecule has 0 spiro atoms. The molecule has 0 aliphatic heterocycles. The van der Waals surface area contributed by atoms with Crippen LogP contribution in [0.1, 0.15) is 6.92 Å². The Kier molecular flexibility index (Phi) is 4.00. The van der Waals surface area contributed by atoms with Gasteiger partial charge in [-0.25, -0.2) is 0 Å². The molecular formula is C5H7BrO. The lowest BCUT2D eigenvalue weighted by molar-refractivity contribution is -0.104. The summed E-state index contributed by atoms with van der Waals surface area (Å²) in [5.74, 6) is 0. The average Bonchev–Trinajstić information content (AvgIpc) is 1.61. The first kappa shape index (κ1) is 6.89. The molecule has 0 radical (unpaired) electrons. The Hall–Kier alpha value is -0.110. The van der Waals surface area contributed by atoms with Crippen LogP contribution in [0, 0.1) is 0 Å². The quantitative estimate of drug-likeness (QED) is 0.342. The minimum absolute atomic E-state index is 0.303. The molecule has 1 atom stereocenters. The third kappa shape index (κ3) is 5.89. The summed E-state index contributed by atoms with van der Waals surface area (Å²) >= 11 is 3.23. The predicted molar refractivity (Wildman–Crippen MR) is 33.6 cm³/mol. The van der Waals surface area contributed by atoms with E-state index in [0.717, 1.165) is 6.29 Å². The van der Waals surface area contributed by atoms with E-state index in [1.807, 2.05) is 6.92 Å². The highest BCUT2D eigenvalue weighted by Gasteiger charge is 1.80. The molecule has 0 aromatic carbocycles. The Morgan fingerprint density at radius 2 is 2.29 bits per heavy atom. The first-order valence-corrected chi connectivity index (χ1v) is 2.95. The number of rotatable bonds is 2. The summed E-state index contributed by atoms with van der Waals surface area (Å²) in [6.07, 6.45) is 4.00. The number of allylic oxidation sites excluding steroid dienone is 2. The Labute approximate surface area is 51.5 Å². The maximum atomic E-state index is 9.60. The topological polar surface area (TPSA) is 17.1 Å². The summed E-state index contributed by atoms with van der Waals surface area (Å²) in [4.78, 5) is 9.91. The minimum Gasteiger partial charge on any atom is -0.299 e. The molecule has 7 heavy (non-hydrogen) atoms. The maximum Gasteiger partial charge on any atom is 0.142 e. The number of carbonyl (C=O) groups excluding carboxylic acids is 1. The molecule has 1 nitrogen and oxygen atoms in total. The predicted octanol–water partition coefficient (Wildman–Crippen LogP) is 1.52. The maximum absolute atomic E-state index is 9.60. The van der Waals surface area contributed by atoms with Crippen LogP contribution in [0.15, 0.2) is 12.2 Å². The number of aldehydes is 1. The molecule has 0 fully saturated rings. The van der Waals surface area contributed by atoms with Gasteiger partial charge in [0.2, 0.25) is 0 Å². The molecule has 0 rings (SSSR count). The Balaban J connectivity index is 3.25. The fraction of sp³-hybridized carbons (Fsp3) is 0.400. The van der Waals surface area contributed by atoms with Crippen LogP contribution in [-0.2, 0) is 4.79 Å². The van der Waals surface area contributed by atoms with Crippen molar-refractivity contribution < 1.29 is 4.79 Å². The van der Waals surface area contributed by atoms with E-state index < -0.39 is 0 Å². The van der Waals surface area contributed by atoms with Crippen LogP contribution < -0.4 is 0 Å². The summed E-state index contributed by atoms with van der Waals surface area (Å²) in [6, 6.07) is 0. The summed E-state index contributed by atoms with van der Waals surface area (Å²) in [5, 5.41) is 0. The number of halogens is 1. The van der Waals surface area contributed by atoms with Crippen LogP contribution >= 0.6 is 15.9 Å². The van der Waals surface area contributed by atoms with Gasteiger partial charge in [0.05, 0.1) is 0 Å². The van der Waals surface area contributed by atoms with Gasteiger partial charge in [-0.05, 0) is 13.0 Å². The second kappa shape index (κ2) is 4.06. The van der Waals surface area contributed by atoms with Crippen molar-refractivity contribution in [1.29, 1.82) is 0 Å². The highest BCUT2D eigenvalue weighted by atomic mass is 79.9. The zero-order chi connectivity index (χ0) is 5.70. The molecule has 0 heterocycles. The van der Waals surface area contributed by atoms with Gasteiger partial charge in [0.25, 0.3) is 0 Å². The number of carbonyl (C=O) groups is 1. The fourth-order valence-corrected chi connectivity index (χ4v) is 0.375. The molecule has 0 saturated carbocycles. The van der Waals surface area contributed by atoms with Crippen LogP contribution in [-0.4, -0.2) is 11.1 Å². The number of hydrogen-bond acceptors (Lipinski definition) is 1. The van der Waals surface area contributed by atoms with Crippen LogP contribution in [0.25, 0.3) is 0 Å². The highest BCUT2D eigenvalue weighted by Crippen LogP contribution is 1.96. The van der Waals surface area contributed by atoms with E-state index in [9.17, 15) is 4.79 Å². The van der Waals surface area contributed by atoms with Crippen molar-refractivity contribution in [2.24, 2.45) is 0 Å². The fourth-order valence-electron chi connectivity index (χ4n) is 0.198. The van der Waals surface area contributed by atoms with Gasteiger partial charge in [0.1, 0.15) is 6.29 Å². The standard InChI is InChI=1S/C5H7BrO/c1-5(6)3-2-4-7/h2-5H,1H3/b3-2+. The molecule has 0 aromatic heterocycles. The van der Waals surface area contributed by atoms with E-state index in [0.29, 0.717) is 4.83 Å². The molecule has 0 bridgehead atoms. The molecule has 1 unspecified atom stereocenters. The van der Waals surface area contributed by atoms with Gasteiger partial charge in [-0.1, -0.05) is 22.0 Å². The van der Waals surface area contributed by atoms with Crippen molar-refractivity contribution in [3.05, 3.63) is 12.2 Å². The third-order valence-electron chi connectivity index (χ3n) is 0.455. The molecule has 2 heteroatoms. The van der Waals surface area contributed by atoms with Gasteiger partial charge < -0.3 is 0 Å². The van der Waals surface area contributed by atoms with Crippen molar-refractivity contribution in [2.75, 3.05) is 0 Å². The minimum atomic E-state index is 0.303. The highest BCUT2D eigenvalue weighted by molar-refractivity contribution is 9.09. The molecule has 0 aromatic rings. The molecule has 0 amide bonds. The Morgan fingerprint density at radius 1 is 1.71 bits per heavy atom. The molecule has 0 aliphatic rings. The SMILES string of the molecule is CC(Br)/C=C/C=O. The molecular weight excluding hydrogens is 156 g/mol. The largest absolute Gasteiger partial charge is 0.299 e. The summed E-state index contributed by atoms with van der Waals surface area (Å²) in [6.45, 7) is 1.94. The van der Waals surface area contributed by atoms with Gasteiger partial charge in [0, 0.05) is 4.83 Å². The lowest BCUT2D eigenvalue weighted by Gasteiger charge is -1.84. The molecule has 0 N–H and O–H groups in total. The summed E-state index contributed by atoms with van der Waals surface area (Å²) < 4.78 is 0. The number of alkyl halides is 1. The summed E-state index contributed by atoms with van der Waals surface area (Å²) in [5.41, 5.74) is 0. The first-order chi connectivity index (χ1) is 3.27. The Bertz CT molecular complexity index is 76.1. The normalized spacial score (nSPS) is 14.6. The third-order valence-corrected chi connectivity index (χ3v) is 0.760. The van der Waals surface area contributed by atoms with E-state index in [4.69, 9.17) is 0 Å². The second-order valence-corrected chi connectivity index (χ2v) is 2.64. The summed E-state index contributed by atoms with van der Waals surface area (Å²) in [7, 11) is 0. The Morgan fingerprint density at radius 3 is 2.43 bits per heavy atom. The van der Waals surface area contributed by atoms with Gasteiger partial charge in [0.15, 0.2) is 0 Å². The van der Waals surface area contributed by atoms with Crippen molar-refractivity contribution >= 4 is 22.2 Å². The van der Waals surface area contributed by atoms with Crippen molar-refractivity contribution in [3.63, 3.8) is 0 Å². The average molecular weight is 163 g/mol. The van der Waals surface area contributed by atoms with E-state index in [2.05, 4.69) is 15.9 Å². The van der Waals surface area contributed by atoms with Crippen molar-refractivity contribution in [1.82, 2.24) is 0 Å². The molecule has 0 aliphatic carbocycles. The zero-order valence-corrected chi connectivity index (χ0v) is 5.68. The van der Waals surface area contributed by atoms with E-state index in [-0.39, 0.29) is 0 Å². The second-order valence-electron chi connectivity index (χ2n) is 1.20. The van der Waals surface area contributed by atoms with E-state index in [1.54, 1.807) is 6.08 Å². The van der Waals surface area contributed by atoms with Crippen molar-refractivity contribution in [3.8, 4) is 0 Å². The van der Waals surface area contributed by atoms with Crippen LogP contribution in [0.3, 0.4) is 0 Å². The monoisotopic (exact) mass is 162 g/mol. The lowest BCUT2D eigenvalue weighted by atomic mass is 10.4. The van der Waals surface area contributed by atoms with Gasteiger partial charge in [-0.2, -0.15) is 0 Å². The smallest absolute Gasteiger partial charge is 0.142 e. The zero-order valence-electron chi connectivity index (χ0n) is 4.10. The van der Waals surface area contributed by atoms with Gasteiger partial charge >= 0.3 is 0 Å². The van der Waals surface area contributed by atoms with Crippen LogP contribution in [0.4, 0.5) is 0 Å². The molecule has 0 saturated heterocycles. The first-order valence-electron chi connectivity index (χ1n) is 2.03. The van der Waals surface area contributed by atoms with Crippen molar-refractivity contribution in [2.45, 2.75) is 11.8 Å². The van der Waals surface area contributed by atoms with Gasteiger partial charge in [-0.3, -0.25) is 4.79 Å². The van der Waals surface area contributed by atoms with E-state index >= 15 is 0 Å². The van der Waals surface area contributed by atoms with E-state index in [1.165, 1.54) is 6.08 Å². The number of hydrogen-bond donors (Lipinski definition) is 0. The molecule has 40 valence electrons. The van der Waals surface area contributed by atoms with Gasteiger partial charge in [-0.15, -0.1) is 0 Å². The van der Waals surface area contributed by atoms with Crippen LogP contribution in [0.2, 0.25) is 0 Å². The van der Waals surface area contributed by atoms with Crippen LogP contribution in [0.5, 0.6) is 0 Å².